The van der Waals surface area contributed by atoms with Gasteiger partial charge in [0.2, 0.25) is 11.8 Å². The predicted molar refractivity (Wildman–Crippen MR) is 103 cm³/mol. The maximum Gasteiger partial charge on any atom is 0.225 e. The Kier molecular flexibility index (Phi) is 11.0. The van der Waals surface area contributed by atoms with Crippen LogP contribution >= 0.6 is 0 Å². The number of aliphatic hydroxyl groups is 1. The van der Waals surface area contributed by atoms with Crippen LogP contribution in [0.4, 0.5) is 0 Å². The van der Waals surface area contributed by atoms with Crippen molar-refractivity contribution >= 4 is 11.8 Å². The summed E-state index contributed by atoms with van der Waals surface area (Å²) < 4.78 is 0. The lowest BCUT2D eigenvalue weighted by Gasteiger charge is -2.22. The molecule has 0 aliphatic heterocycles. The maximum atomic E-state index is 11.7. The summed E-state index contributed by atoms with van der Waals surface area (Å²) in [6, 6.07) is 0. The van der Waals surface area contributed by atoms with Gasteiger partial charge in [-0.1, -0.05) is 66.2 Å². The summed E-state index contributed by atoms with van der Waals surface area (Å²) in [5.41, 5.74) is 4.62. The van der Waals surface area contributed by atoms with Crippen LogP contribution in [0.5, 0.6) is 0 Å². The van der Waals surface area contributed by atoms with Crippen LogP contribution in [0.1, 0.15) is 91.9 Å². The number of aliphatic hydroxyl groups excluding tert-OH is 1. The normalized spacial score (nSPS) is 13.5. The first-order valence-electron chi connectivity index (χ1n) is 9.73. The van der Waals surface area contributed by atoms with Crippen molar-refractivity contribution in [3.8, 4) is 0 Å². The molecular formula is C20H40N2O3. The molecule has 0 fully saturated rings. The number of carbonyl (C=O) groups excluding carboxylic acids is 2. The Morgan fingerprint density at radius 1 is 0.880 bits per heavy atom. The van der Waals surface area contributed by atoms with Crippen LogP contribution in [0, 0.1) is 10.8 Å². The molecular weight excluding hydrogens is 316 g/mol. The van der Waals surface area contributed by atoms with Gasteiger partial charge in [0.1, 0.15) is 0 Å². The SMILES string of the molecule is CNC(=O)C(C)(C)CCCCCC(O)CCCCCC(C)(C)C(N)=O. The van der Waals surface area contributed by atoms with Gasteiger partial charge in [0, 0.05) is 17.9 Å². The zero-order valence-corrected chi connectivity index (χ0v) is 17.0. The molecule has 0 saturated carbocycles. The van der Waals surface area contributed by atoms with Crippen molar-refractivity contribution in [1.29, 1.82) is 0 Å². The first-order valence-corrected chi connectivity index (χ1v) is 9.73. The molecule has 0 spiro atoms. The smallest absolute Gasteiger partial charge is 0.225 e. The number of unbranched alkanes of at least 4 members (excludes halogenated alkanes) is 4. The standard InChI is InChI=1S/C20H40N2O3/c1-19(2,17(21)24)14-10-6-8-12-16(23)13-9-7-11-15-20(3,4)18(25)22-5/h16,23H,6-15H2,1-5H3,(H2,21,24)(H,22,25). The monoisotopic (exact) mass is 356 g/mol. The highest BCUT2D eigenvalue weighted by molar-refractivity contribution is 5.81. The quantitative estimate of drug-likeness (QED) is 0.416. The Balaban J connectivity index is 3.67. The summed E-state index contributed by atoms with van der Waals surface area (Å²) in [6.07, 6.45) is 9.12. The summed E-state index contributed by atoms with van der Waals surface area (Å²) in [5, 5.41) is 12.8. The highest BCUT2D eigenvalue weighted by atomic mass is 16.3. The fraction of sp³-hybridized carbons (Fsp3) is 0.900. The van der Waals surface area contributed by atoms with E-state index in [-0.39, 0.29) is 23.3 Å². The van der Waals surface area contributed by atoms with Crippen molar-refractivity contribution in [3.63, 3.8) is 0 Å². The zero-order chi connectivity index (χ0) is 19.5. The average Bonchev–Trinajstić information content (AvgIpc) is 2.52. The highest BCUT2D eigenvalue weighted by Crippen LogP contribution is 2.25. The van der Waals surface area contributed by atoms with E-state index in [0.717, 1.165) is 64.2 Å². The molecule has 148 valence electrons. The molecule has 4 N–H and O–H groups in total. The average molecular weight is 357 g/mol. The minimum Gasteiger partial charge on any atom is -0.393 e. The molecule has 0 rings (SSSR count). The summed E-state index contributed by atoms with van der Waals surface area (Å²) in [7, 11) is 1.68. The fourth-order valence-electron chi connectivity index (χ4n) is 2.97. The lowest BCUT2D eigenvalue weighted by molar-refractivity contribution is -0.129. The van der Waals surface area contributed by atoms with E-state index in [1.54, 1.807) is 7.05 Å². The summed E-state index contributed by atoms with van der Waals surface area (Å²) in [6.45, 7) is 7.71. The van der Waals surface area contributed by atoms with Gasteiger partial charge in [0.05, 0.1) is 6.10 Å². The number of nitrogens with two attached hydrogens (primary N) is 1. The Morgan fingerprint density at radius 3 is 1.72 bits per heavy atom. The molecule has 5 heteroatoms. The molecule has 0 bridgehead atoms. The van der Waals surface area contributed by atoms with E-state index in [1.165, 1.54) is 0 Å². The van der Waals surface area contributed by atoms with Gasteiger partial charge < -0.3 is 16.2 Å². The Labute approximate surface area is 154 Å². The Hall–Kier alpha value is -1.10. The van der Waals surface area contributed by atoms with Crippen molar-refractivity contribution in [2.75, 3.05) is 7.05 Å². The van der Waals surface area contributed by atoms with Crippen LogP contribution in [0.2, 0.25) is 0 Å². The van der Waals surface area contributed by atoms with Gasteiger partial charge in [-0.3, -0.25) is 9.59 Å². The number of primary amides is 1. The number of carbonyl (C=O) groups is 2. The maximum absolute atomic E-state index is 11.7. The highest BCUT2D eigenvalue weighted by Gasteiger charge is 2.25. The molecule has 0 aliphatic rings. The van der Waals surface area contributed by atoms with Crippen LogP contribution in [0.25, 0.3) is 0 Å². The lowest BCUT2D eigenvalue weighted by atomic mass is 9.85. The number of rotatable bonds is 14. The van der Waals surface area contributed by atoms with Gasteiger partial charge in [0.25, 0.3) is 0 Å². The first-order chi connectivity index (χ1) is 11.5. The molecule has 0 aromatic heterocycles. The molecule has 0 saturated heterocycles. The van der Waals surface area contributed by atoms with Crippen LogP contribution < -0.4 is 11.1 Å². The number of hydrogen-bond donors (Lipinski definition) is 3. The molecule has 1 unspecified atom stereocenters. The van der Waals surface area contributed by atoms with Gasteiger partial charge in [-0.25, -0.2) is 0 Å². The summed E-state index contributed by atoms with van der Waals surface area (Å²) in [5.74, 6) is -0.154. The van der Waals surface area contributed by atoms with Gasteiger partial charge >= 0.3 is 0 Å². The second-order valence-electron chi connectivity index (χ2n) is 8.56. The van der Waals surface area contributed by atoms with Crippen molar-refractivity contribution in [2.45, 2.75) is 98.0 Å². The Morgan fingerprint density at radius 2 is 1.32 bits per heavy atom. The first kappa shape index (κ1) is 23.9. The van der Waals surface area contributed by atoms with E-state index < -0.39 is 5.41 Å². The van der Waals surface area contributed by atoms with Crippen LogP contribution in [0.3, 0.4) is 0 Å². The molecule has 0 aromatic carbocycles. The van der Waals surface area contributed by atoms with Gasteiger partial charge in [-0.05, 0) is 25.7 Å². The van der Waals surface area contributed by atoms with Crippen LogP contribution in [-0.2, 0) is 9.59 Å². The molecule has 0 heterocycles. The van der Waals surface area contributed by atoms with Gasteiger partial charge in [-0.15, -0.1) is 0 Å². The summed E-state index contributed by atoms with van der Waals surface area (Å²) >= 11 is 0. The van der Waals surface area contributed by atoms with Crippen molar-refractivity contribution in [2.24, 2.45) is 16.6 Å². The van der Waals surface area contributed by atoms with E-state index in [1.807, 2.05) is 27.7 Å². The van der Waals surface area contributed by atoms with Crippen LogP contribution in [0.15, 0.2) is 0 Å². The third kappa shape index (κ3) is 10.5. The topological polar surface area (TPSA) is 92.4 Å². The van der Waals surface area contributed by atoms with Gasteiger partial charge in [-0.2, -0.15) is 0 Å². The molecule has 25 heavy (non-hydrogen) atoms. The summed E-state index contributed by atoms with van der Waals surface area (Å²) in [4.78, 5) is 22.9. The van der Waals surface area contributed by atoms with Crippen molar-refractivity contribution < 1.29 is 14.7 Å². The minimum atomic E-state index is -0.429. The number of amides is 2. The second kappa shape index (κ2) is 11.5. The number of nitrogens with one attached hydrogen (secondary N) is 1. The molecule has 5 nitrogen and oxygen atoms in total. The predicted octanol–water partition coefficient (Wildman–Crippen LogP) is 3.53. The largest absolute Gasteiger partial charge is 0.393 e. The van der Waals surface area contributed by atoms with E-state index in [2.05, 4.69) is 5.32 Å². The second-order valence-corrected chi connectivity index (χ2v) is 8.56. The van der Waals surface area contributed by atoms with E-state index >= 15 is 0 Å². The molecule has 2 amide bonds. The Bertz CT molecular complexity index is 406. The molecule has 0 aromatic rings. The molecule has 0 aliphatic carbocycles. The van der Waals surface area contributed by atoms with Crippen molar-refractivity contribution in [1.82, 2.24) is 5.32 Å². The van der Waals surface area contributed by atoms with Crippen LogP contribution in [-0.4, -0.2) is 30.1 Å². The van der Waals surface area contributed by atoms with Crippen molar-refractivity contribution in [3.05, 3.63) is 0 Å². The minimum absolute atomic E-state index is 0.0899. The van der Waals surface area contributed by atoms with E-state index in [9.17, 15) is 14.7 Å². The van der Waals surface area contributed by atoms with E-state index in [0.29, 0.717) is 0 Å². The fourth-order valence-corrected chi connectivity index (χ4v) is 2.97. The van der Waals surface area contributed by atoms with E-state index in [4.69, 9.17) is 5.73 Å². The molecule has 1 atom stereocenters. The third-order valence-electron chi connectivity index (χ3n) is 5.19. The zero-order valence-electron chi connectivity index (χ0n) is 17.0. The van der Waals surface area contributed by atoms with Gasteiger partial charge in [0.15, 0.2) is 0 Å². The molecule has 0 radical (unpaired) electrons. The third-order valence-corrected chi connectivity index (χ3v) is 5.19. The number of hydrogen-bond acceptors (Lipinski definition) is 3. The lowest BCUT2D eigenvalue weighted by Crippen LogP contribution is -2.34.